The molecule has 1 heterocycles. The monoisotopic (exact) mass is 207 g/mol. The van der Waals surface area contributed by atoms with Gasteiger partial charge in [0.2, 0.25) is 0 Å². The Kier molecular flexibility index (Phi) is 4.60. The molecule has 84 valence electrons. The standard InChI is InChI=1S/C13H21NO/c1-10(2)6-8-15-12-5-7-14-13(9-12)11(3)4/h5,7,9-11H,6,8H2,1-4H3. The van der Waals surface area contributed by atoms with Crippen molar-refractivity contribution >= 4 is 0 Å². The van der Waals surface area contributed by atoms with Gasteiger partial charge in [0.15, 0.2) is 0 Å². The lowest BCUT2D eigenvalue weighted by atomic mass is 10.1. The van der Waals surface area contributed by atoms with E-state index in [1.807, 2.05) is 18.3 Å². The van der Waals surface area contributed by atoms with Crippen molar-refractivity contribution in [2.24, 2.45) is 5.92 Å². The highest BCUT2D eigenvalue weighted by Gasteiger charge is 2.02. The Hall–Kier alpha value is -1.05. The van der Waals surface area contributed by atoms with Crippen LogP contribution in [0.15, 0.2) is 18.3 Å². The lowest BCUT2D eigenvalue weighted by Crippen LogP contribution is -2.02. The Morgan fingerprint density at radius 3 is 2.60 bits per heavy atom. The van der Waals surface area contributed by atoms with Crippen LogP contribution in [0.1, 0.15) is 45.7 Å². The van der Waals surface area contributed by atoms with Crippen LogP contribution in [0.2, 0.25) is 0 Å². The molecule has 1 rings (SSSR count). The van der Waals surface area contributed by atoms with E-state index in [1.165, 1.54) is 0 Å². The third-order valence-electron chi connectivity index (χ3n) is 2.31. The molecule has 2 heteroatoms. The molecule has 0 aromatic carbocycles. The predicted molar refractivity (Wildman–Crippen MR) is 63.3 cm³/mol. The second-order valence-electron chi connectivity index (χ2n) is 4.60. The van der Waals surface area contributed by atoms with E-state index < -0.39 is 0 Å². The Morgan fingerprint density at radius 2 is 2.00 bits per heavy atom. The summed E-state index contributed by atoms with van der Waals surface area (Å²) in [5.74, 6) is 2.09. The molecular weight excluding hydrogens is 186 g/mol. The van der Waals surface area contributed by atoms with Crippen LogP contribution in [0.25, 0.3) is 0 Å². The molecule has 0 bridgehead atoms. The summed E-state index contributed by atoms with van der Waals surface area (Å²) in [7, 11) is 0. The summed E-state index contributed by atoms with van der Waals surface area (Å²) in [6.45, 7) is 9.48. The highest BCUT2D eigenvalue weighted by Crippen LogP contribution is 2.17. The number of aromatic nitrogens is 1. The zero-order chi connectivity index (χ0) is 11.3. The van der Waals surface area contributed by atoms with Crippen molar-refractivity contribution in [1.82, 2.24) is 4.98 Å². The van der Waals surface area contributed by atoms with E-state index >= 15 is 0 Å². The Morgan fingerprint density at radius 1 is 1.27 bits per heavy atom. The highest BCUT2D eigenvalue weighted by atomic mass is 16.5. The van der Waals surface area contributed by atoms with Crippen LogP contribution >= 0.6 is 0 Å². The third-order valence-corrected chi connectivity index (χ3v) is 2.31. The fourth-order valence-corrected chi connectivity index (χ4v) is 1.25. The molecule has 0 saturated carbocycles. The molecule has 15 heavy (non-hydrogen) atoms. The molecule has 0 aliphatic carbocycles. The Balaban J connectivity index is 2.50. The van der Waals surface area contributed by atoms with Gasteiger partial charge in [-0.1, -0.05) is 27.7 Å². The molecule has 0 unspecified atom stereocenters. The Labute approximate surface area is 92.7 Å². The van der Waals surface area contributed by atoms with Crippen molar-refractivity contribution in [3.63, 3.8) is 0 Å². The molecule has 0 spiro atoms. The van der Waals surface area contributed by atoms with E-state index in [2.05, 4.69) is 32.7 Å². The summed E-state index contributed by atoms with van der Waals surface area (Å²) in [6.07, 6.45) is 2.92. The third kappa shape index (κ3) is 4.32. The van der Waals surface area contributed by atoms with Gasteiger partial charge < -0.3 is 4.74 Å². The smallest absolute Gasteiger partial charge is 0.122 e. The van der Waals surface area contributed by atoms with Gasteiger partial charge in [-0.15, -0.1) is 0 Å². The first kappa shape index (κ1) is 12.0. The lowest BCUT2D eigenvalue weighted by Gasteiger charge is -2.10. The lowest BCUT2D eigenvalue weighted by molar-refractivity contribution is 0.289. The zero-order valence-electron chi connectivity index (χ0n) is 10.2. The summed E-state index contributed by atoms with van der Waals surface area (Å²) in [5, 5.41) is 0. The van der Waals surface area contributed by atoms with E-state index in [0.29, 0.717) is 11.8 Å². The number of ether oxygens (including phenoxy) is 1. The first-order chi connectivity index (χ1) is 7.09. The number of nitrogens with zero attached hydrogens (tertiary/aromatic N) is 1. The molecule has 0 fully saturated rings. The fourth-order valence-electron chi connectivity index (χ4n) is 1.25. The van der Waals surface area contributed by atoms with Gasteiger partial charge >= 0.3 is 0 Å². The van der Waals surface area contributed by atoms with E-state index in [-0.39, 0.29) is 0 Å². The minimum atomic E-state index is 0.457. The van der Waals surface area contributed by atoms with Crippen LogP contribution in [-0.2, 0) is 0 Å². The molecule has 0 aliphatic heterocycles. The van der Waals surface area contributed by atoms with E-state index in [0.717, 1.165) is 24.5 Å². The quantitative estimate of drug-likeness (QED) is 0.735. The van der Waals surface area contributed by atoms with Gasteiger partial charge in [0.25, 0.3) is 0 Å². The molecule has 1 aromatic heterocycles. The van der Waals surface area contributed by atoms with Crippen LogP contribution in [0.5, 0.6) is 5.75 Å². The second-order valence-corrected chi connectivity index (χ2v) is 4.60. The van der Waals surface area contributed by atoms with E-state index in [9.17, 15) is 0 Å². The van der Waals surface area contributed by atoms with E-state index in [1.54, 1.807) is 0 Å². The van der Waals surface area contributed by atoms with Crippen molar-refractivity contribution in [2.75, 3.05) is 6.61 Å². The normalized spacial score (nSPS) is 11.1. The highest BCUT2D eigenvalue weighted by molar-refractivity contribution is 5.24. The first-order valence-electron chi connectivity index (χ1n) is 5.68. The SMILES string of the molecule is CC(C)CCOc1ccnc(C(C)C)c1. The summed E-state index contributed by atoms with van der Waals surface area (Å²) >= 11 is 0. The van der Waals surface area contributed by atoms with Gasteiger partial charge in [-0.05, 0) is 24.3 Å². The van der Waals surface area contributed by atoms with Crippen LogP contribution in [0, 0.1) is 5.92 Å². The van der Waals surface area contributed by atoms with Gasteiger partial charge in [0.1, 0.15) is 5.75 Å². The number of rotatable bonds is 5. The fraction of sp³-hybridized carbons (Fsp3) is 0.615. The predicted octanol–water partition coefficient (Wildman–Crippen LogP) is 3.63. The Bertz CT molecular complexity index is 294. The van der Waals surface area contributed by atoms with Gasteiger partial charge in [-0.2, -0.15) is 0 Å². The maximum absolute atomic E-state index is 5.67. The second kappa shape index (κ2) is 5.74. The number of hydrogen-bond donors (Lipinski definition) is 0. The average Bonchev–Trinajstić information content (AvgIpc) is 2.17. The van der Waals surface area contributed by atoms with Crippen molar-refractivity contribution in [1.29, 1.82) is 0 Å². The largest absolute Gasteiger partial charge is 0.493 e. The summed E-state index contributed by atoms with van der Waals surface area (Å²) in [5.41, 5.74) is 1.09. The number of hydrogen-bond acceptors (Lipinski definition) is 2. The minimum Gasteiger partial charge on any atom is -0.493 e. The van der Waals surface area contributed by atoms with Crippen LogP contribution < -0.4 is 4.74 Å². The maximum Gasteiger partial charge on any atom is 0.122 e. The molecule has 0 amide bonds. The van der Waals surface area contributed by atoms with Crippen LogP contribution in [-0.4, -0.2) is 11.6 Å². The van der Waals surface area contributed by atoms with Crippen molar-refractivity contribution in [3.8, 4) is 5.75 Å². The topological polar surface area (TPSA) is 22.1 Å². The van der Waals surface area contributed by atoms with Crippen molar-refractivity contribution in [3.05, 3.63) is 24.0 Å². The minimum absolute atomic E-state index is 0.457. The van der Waals surface area contributed by atoms with Gasteiger partial charge in [0.05, 0.1) is 6.61 Å². The van der Waals surface area contributed by atoms with Crippen molar-refractivity contribution in [2.45, 2.75) is 40.0 Å². The summed E-state index contributed by atoms with van der Waals surface area (Å²) in [6, 6.07) is 3.96. The molecule has 2 nitrogen and oxygen atoms in total. The summed E-state index contributed by atoms with van der Waals surface area (Å²) < 4.78 is 5.67. The van der Waals surface area contributed by atoms with Crippen molar-refractivity contribution < 1.29 is 4.74 Å². The zero-order valence-corrected chi connectivity index (χ0v) is 10.2. The number of pyridine rings is 1. The van der Waals surface area contributed by atoms with Crippen LogP contribution in [0.4, 0.5) is 0 Å². The molecule has 0 N–H and O–H groups in total. The van der Waals surface area contributed by atoms with Gasteiger partial charge in [-0.25, -0.2) is 0 Å². The molecule has 0 radical (unpaired) electrons. The van der Waals surface area contributed by atoms with Gasteiger partial charge in [-0.3, -0.25) is 4.98 Å². The molecule has 1 aromatic rings. The van der Waals surface area contributed by atoms with Gasteiger partial charge in [0, 0.05) is 18.0 Å². The molecule has 0 saturated heterocycles. The summed E-state index contributed by atoms with van der Waals surface area (Å²) in [4.78, 5) is 4.30. The molecule has 0 atom stereocenters. The first-order valence-corrected chi connectivity index (χ1v) is 5.68. The molecular formula is C13H21NO. The van der Waals surface area contributed by atoms with E-state index in [4.69, 9.17) is 4.74 Å². The molecule has 0 aliphatic rings. The average molecular weight is 207 g/mol. The van der Waals surface area contributed by atoms with Crippen LogP contribution in [0.3, 0.4) is 0 Å². The maximum atomic E-state index is 5.67.